The summed E-state index contributed by atoms with van der Waals surface area (Å²) in [7, 11) is -1.21. The minimum Gasteiger partial charge on any atom is -0.423 e. The molecule has 0 bridgehead atoms. The third-order valence-corrected chi connectivity index (χ3v) is 3.55. The molecule has 112 valence electrons. The van der Waals surface area contributed by atoms with Gasteiger partial charge in [0.25, 0.3) is 0 Å². The van der Waals surface area contributed by atoms with Crippen molar-refractivity contribution < 1.29 is 14.8 Å². The van der Waals surface area contributed by atoms with Crippen molar-refractivity contribution in [3.05, 3.63) is 11.9 Å². The van der Waals surface area contributed by atoms with E-state index in [2.05, 4.69) is 9.97 Å². The van der Waals surface area contributed by atoms with Crippen LogP contribution in [0.4, 0.5) is 5.95 Å². The number of aromatic nitrogens is 2. The smallest absolute Gasteiger partial charge is 0.423 e. The topological polar surface area (TPSA) is 101 Å². The first kappa shape index (κ1) is 16.9. The molecule has 6 nitrogen and oxygen atoms in total. The van der Waals surface area contributed by atoms with E-state index in [0.717, 1.165) is 6.42 Å². The number of aryl methyl sites for hydroxylation is 1. The van der Waals surface area contributed by atoms with E-state index in [1.54, 1.807) is 27.7 Å². The number of nitrogens with zero attached hydrogens (tertiary/aromatic N) is 2. The van der Waals surface area contributed by atoms with Crippen molar-refractivity contribution in [1.82, 2.24) is 9.97 Å². The van der Waals surface area contributed by atoms with Gasteiger partial charge in [-0.2, -0.15) is 0 Å². The number of nitrogens with two attached hydrogens (primary N) is 1. The van der Waals surface area contributed by atoms with Crippen molar-refractivity contribution in [2.45, 2.75) is 58.7 Å². The molecule has 0 saturated carbocycles. The average molecular weight is 281 g/mol. The first-order chi connectivity index (χ1) is 9.08. The van der Waals surface area contributed by atoms with E-state index < -0.39 is 18.3 Å². The quantitative estimate of drug-likeness (QED) is 0.647. The van der Waals surface area contributed by atoms with Gasteiger partial charge in [0, 0.05) is 17.4 Å². The number of rotatable bonds is 6. The maximum atomic E-state index is 10.3. The first-order valence-corrected chi connectivity index (χ1v) is 6.78. The van der Waals surface area contributed by atoms with E-state index in [9.17, 15) is 10.1 Å². The zero-order chi connectivity index (χ0) is 15.6. The molecule has 0 fully saturated rings. The van der Waals surface area contributed by atoms with Crippen LogP contribution in [0.2, 0.25) is 0 Å². The van der Waals surface area contributed by atoms with E-state index in [-0.39, 0.29) is 5.95 Å². The Labute approximate surface area is 120 Å². The molecule has 0 amide bonds. The molecule has 4 N–H and O–H groups in total. The van der Waals surface area contributed by atoms with Gasteiger partial charge in [-0.15, -0.1) is 0 Å². The van der Waals surface area contributed by atoms with Gasteiger partial charge in [0.1, 0.15) is 0 Å². The lowest BCUT2D eigenvalue weighted by Crippen LogP contribution is -2.53. The standard InChI is InChI=1S/C13H24BN3O3/c1-6-7-10-9(8-16-11(15)17-10)14(19)20-13(4,5)12(2,3)18/h8,18-19H,6-7H2,1-5H3,(H2,15,16,17). The highest BCUT2D eigenvalue weighted by Crippen LogP contribution is 2.25. The average Bonchev–Trinajstić information content (AvgIpc) is 2.27. The van der Waals surface area contributed by atoms with Crippen LogP contribution in [0.3, 0.4) is 0 Å². The van der Waals surface area contributed by atoms with Gasteiger partial charge < -0.3 is 20.5 Å². The summed E-state index contributed by atoms with van der Waals surface area (Å²) in [4.78, 5) is 8.04. The first-order valence-electron chi connectivity index (χ1n) is 6.78. The van der Waals surface area contributed by atoms with Gasteiger partial charge in [0.2, 0.25) is 5.95 Å². The number of nitrogen functional groups attached to an aromatic ring is 1. The molecule has 1 rings (SSSR count). The molecule has 0 spiro atoms. The summed E-state index contributed by atoms with van der Waals surface area (Å²) >= 11 is 0. The number of anilines is 1. The Balaban J connectivity index is 3.01. The fraction of sp³-hybridized carbons (Fsp3) is 0.692. The molecule has 0 aliphatic rings. The maximum absolute atomic E-state index is 10.3. The fourth-order valence-corrected chi connectivity index (χ4v) is 1.57. The van der Waals surface area contributed by atoms with E-state index in [4.69, 9.17) is 10.4 Å². The van der Waals surface area contributed by atoms with Gasteiger partial charge in [-0.3, -0.25) is 0 Å². The zero-order valence-corrected chi connectivity index (χ0v) is 12.8. The molecule has 0 aliphatic heterocycles. The largest absolute Gasteiger partial charge is 0.495 e. The van der Waals surface area contributed by atoms with E-state index in [1.165, 1.54) is 6.20 Å². The zero-order valence-electron chi connectivity index (χ0n) is 12.8. The van der Waals surface area contributed by atoms with Gasteiger partial charge in [0.15, 0.2) is 0 Å². The van der Waals surface area contributed by atoms with Crippen LogP contribution in [0.1, 0.15) is 46.7 Å². The van der Waals surface area contributed by atoms with Gasteiger partial charge in [0.05, 0.1) is 11.2 Å². The molecule has 0 unspecified atom stereocenters. The Bertz CT molecular complexity index is 461. The molecule has 1 aromatic heterocycles. The number of hydrogen-bond donors (Lipinski definition) is 3. The normalized spacial score (nSPS) is 12.6. The van der Waals surface area contributed by atoms with Crippen molar-refractivity contribution in [3.63, 3.8) is 0 Å². The molecule has 1 heterocycles. The minimum absolute atomic E-state index is 0.172. The van der Waals surface area contributed by atoms with Crippen molar-refractivity contribution in [1.29, 1.82) is 0 Å². The summed E-state index contributed by atoms with van der Waals surface area (Å²) < 4.78 is 5.60. The molecular weight excluding hydrogens is 257 g/mol. The highest BCUT2D eigenvalue weighted by molar-refractivity contribution is 6.60. The second-order valence-corrected chi connectivity index (χ2v) is 5.92. The molecule has 0 aliphatic carbocycles. The lowest BCUT2D eigenvalue weighted by Gasteiger charge is -2.38. The molecule has 20 heavy (non-hydrogen) atoms. The second kappa shape index (κ2) is 6.07. The van der Waals surface area contributed by atoms with Crippen LogP contribution in [0.15, 0.2) is 6.20 Å². The van der Waals surface area contributed by atoms with Gasteiger partial charge >= 0.3 is 7.12 Å². The Kier molecular flexibility index (Phi) is 5.12. The summed E-state index contributed by atoms with van der Waals surface area (Å²) in [5.74, 6) is 0.172. The predicted octanol–water partition coefficient (Wildman–Crippen LogP) is 0.265. The molecule has 7 heteroatoms. The van der Waals surface area contributed by atoms with Crippen LogP contribution in [0.5, 0.6) is 0 Å². The third kappa shape index (κ3) is 3.91. The number of aliphatic hydroxyl groups is 1. The lowest BCUT2D eigenvalue weighted by atomic mass is 9.75. The van der Waals surface area contributed by atoms with Crippen LogP contribution < -0.4 is 11.2 Å². The number of hydrogen-bond acceptors (Lipinski definition) is 6. The Morgan fingerprint density at radius 3 is 2.45 bits per heavy atom. The molecule has 1 aromatic rings. The van der Waals surface area contributed by atoms with Gasteiger partial charge in [-0.1, -0.05) is 13.3 Å². The molecular formula is C13H24BN3O3. The third-order valence-electron chi connectivity index (χ3n) is 3.55. The van der Waals surface area contributed by atoms with Crippen molar-refractivity contribution in [3.8, 4) is 0 Å². The molecule has 0 aromatic carbocycles. The van der Waals surface area contributed by atoms with Crippen molar-refractivity contribution in [2.75, 3.05) is 5.73 Å². The van der Waals surface area contributed by atoms with Crippen molar-refractivity contribution >= 4 is 18.5 Å². The minimum atomic E-state index is -1.21. The van der Waals surface area contributed by atoms with Crippen LogP contribution in [-0.2, 0) is 11.1 Å². The van der Waals surface area contributed by atoms with Crippen LogP contribution in [-0.4, -0.2) is 38.4 Å². The molecule has 0 saturated heterocycles. The summed E-state index contributed by atoms with van der Waals surface area (Å²) in [6.07, 6.45) is 3.01. The van der Waals surface area contributed by atoms with Gasteiger partial charge in [-0.25, -0.2) is 9.97 Å². The lowest BCUT2D eigenvalue weighted by molar-refractivity contribution is -0.0983. The van der Waals surface area contributed by atoms with E-state index in [1.807, 2.05) is 6.92 Å². The maximum Gasteiger partial charge on any atom is 0.495 e. The van der Waals surface area contributed by atoms with E-state index in [0.29, 0.717) is 17.6 Å². The predicted molar refractivity (Wildman–Crippen MR) is 79.5 cm³/mol. The van der Waals surface area contributed by atoms with Crippen LogP contribution >= 0.6 is 0 Å². The Morgan fingerprint density at radius 1 is 1.35 bits per heavy atom. The van der Waals surface area contributed by atoms with Crippen LogP contribution in [0.25, 0.3) is 0 Å². The molecule has 0 radical (unpaired) electrons. The Morgan fingerprint density at radius 2 is 1.95 bits per heavy atom. The van der Waals surface area contributed by atoms with E-state index >= 15 is 0 Å². The second-order valence-electron chi connectivity index (χ2n) is 5.92. The molecule has 0 atom stereocenters. The fourth-order valence-electron chi connectivity index (χ4n) is 1.57. The summed E-state index contributed by atoms with van der Waals surface area (Å²) in [6.45, 7) is 8.70. The van der Waals surface area contributed by atoms with Crippen molar-refractivity contribution in [2.24, 2.45) is 0 Å². The van der Waals surface area contributed by atoms with Gasteiger partial charge in [-0.05, 0) is 34.1 Å². The summed E-state index contributed by atoms with van der Waals surface area (Å²) in [6, 6.07) is 0. The SMILES string of the molecule is CCCc1nc(N)ncc1B(O)OC(C)(C)C(C)(C)O. The highest BCUT2D eigenvalue weighted by atomic mass is 16.5. The highest BCUT2D eigenvalue weighted by Gasteiger charge is 2.40. The summed E-state index contributed by atoms with van der Waals surface area (Å²) in [5.41, 5.74) is 4.68. The Hall–Kier alpha value is -1.18. The van der Waals surface area contributed by atoms with Crippen LogP contribution in [0, 0.1) is 0 Å². The monoisotopic (exact) mass is 281 g/mol. The summed E-state index contributed by atoms with van der Waals surface area (Å²) in [5, 5.41) is 20.3.